The van der Waals surface area contributed by atoms with Crippen LogP contribution >= 0.6 is 11.3 Å². The maximum atomic E-state index is 13.7. The normalized spacial score (nSPS) is 11.1. The number of thiophene rings is 1. The van der Waals surface area contributed by atoms with E-state index in [1.807, 2.05) is 13.8 Å². The smallest absolute Gasteiger partial charge is 0.337 e. The van der Waals surface area contributed by atoms with Crippen LogP contribution in [-0.4, -0.2) is 26.5 Å². The average molecular weight is 389 g/mol. The van der Waals surface area contributed by atoms with Crippen molar-refractivity contribution in [1.82, 2.24) is 9.55 Å². The highest BCUT2D eigenvalue weighted by Gasteiger charge is 2.22. The first-order valence-corrected chi connectivity index (χ1v) is 8.97. The fraction of sp³-hybridized carbons (Fsp3) is 0.222. The number of aromatic nitrogens is 2. The second-order valence-electron chi connectivity index (χ2n) is 6.18. The molecule has 7 nitrogen and oxygen atoms in total. The number of hydrogen-bond donors (Lipinski definition) is 2. The van der Waals surface area contributed by atoms with E-state index in [1.165, 1.54) is 23.6 Å². The Morgan fingerprint density at radius 1 is 1.33 bits per heavy atom. The average Bonchev–Trinajstić information content (AvgIpc) is 3.03. The lowest BCUT2D eigenvalue weighted by Gasteiger charge is -2.15. The first kappa shape index (κ1) is 18.7. The Hall–Kier alpha value is -3.07. The topological polar surface area (TPSA) is 101 Å². The second-order valence-corrected chi connectivity index (χ2v) is 7.04. The molecule has 2 N–H and O–H groups in total. The number of nitrogens with one attached hydrogen (secondary N) is 1. The van der Waals surface area contributed by atoms with Gasteiger partial charge in [-0.25, -0.2) is 14.2 Å². The number of carbonyl (C=O) groups excluding carboxylic acids is 1. The van der Waals surface area contributed by atoms with Crippen molar-refractivity contribution in [1.29, 1.82) is 0 Å². The Bertz CT molecular complexity index is 1100. The third kappa shape index (κ3) is 3.59. The van der Waals surface area contributed by atoms with Crippen LogP contribution in [0.15, 0.2) is 34.4 Å². The quantitative estimate of drug-likeness (QED) is 0.698. The van der Waals surface area contributed by atoms with E-state index in [1.54, 1.807) is 6.07 Å². The molecule has 0 atom stereocenters. The summed E-state index contributed by atoms with van der Waals surface area (Å²) in [4.78, 5) is 41.3. The van der Waals surface area contributed by atoms with Crippen LogP contribution in [0.3, 0.4) is 0 Å². The monoisotopic (exact) mass is 389 g/mol. The summed E-state index contributed by atoms with van der Waals surface area (Å²) in [5.74, 6) is -2.27. The van der Waals surface area contributed by atoms with Crippen molar-refractivity contribution in [2.75, 3.05) is 5.32 Å². The number of halogens is 1. The number of aromatic carboxylic acids is 1. The molecule has 9 heteroatoms. The Morgan fingerprint density at radius 3 is 2.67 bits per heavy atom. The molecule has 0 aliphatic rings. The Balaban J connectivity index is 2.05. The number of carboxylic acids is 1. The van der Waals surface area contributed by atoms with Gasteiger partial charge in [-0.3, -0.25) is 14.2 Å². The largest absolute Gasteiger partial charge is 0.478 e. The number of nitrogens with zero attached hydrogens (tertiary/aromatic N) is 2. The van der Waals surface area contributed by atoms with Crippen molar-refractivity contribution < 1.29 is 19.1 Å². The van der Waals surface area contributed by atoms with Gasteiger partial charge in [0.25, 0.3) is 5.56 Å². The molecule has 0 saturated carbocycles. The van der Waals surface area contributed by atoms with Crippen LogP contribution in [0.5, 0.6) is 0 Å². The van der Waals surface area contributed by atoms with E-state index >= 15 is 0 Å². The van der Waals surface area contributed by atoms with Gasteiger partial charge in [0.15, 0.2) is 0 Å². The molecule has 0 bridgehead atoms. The summed E-state index contributed by atoms with van der Waals surface area (Å²) in [6.07, 6.45) is 0. The summed E-state index contributed by atoms with van der Waals surface area (Å²) in [6, 6.07) is 5.68. The van der Waals surface area contributed by atoms with Crippen LogP contribution in [0.1, 0.15) is 35.9 Å². The van der Waals surface area contributed by atoms with Crippen LogP contribution < -0.4 is 10.9 Å². The van der Waals surface area contributed by atoms with Gasteiger partial charge in [-0.1, -0.05) is 26.0 Å². The highest BCUT2D eigenvalue weighted by molar-refractivity contribution is 7.17. The lowest BCUT2D eigenvalue weighted by molar-refractivity contribution is -0.116. The molecular weight excluding hydrogens is 373 g/mol. The minimum atomic E-state index is -1.24. The first-order valence-electron chi connectivity index (χ1n) is 8.09. The van der Waals surface area contributed by atoms with Crippen molar-refractivity contribution in [3.63, 3.8) is 0 Å². The van der Waals surface area contributed by atoms with Gasteiger partial charge in [-0.05, 0) is 12.1 Å². The maximum absolute atomic E-state index is 13.7. The number of anilines is 1. The van der Waals surface area contributed by atoms with Crippen molar-refractivity contribution in [2.24, 2.45) is 0 Å². The molecule has 0 fully saturated rings. The molecule has 2 heterocycles. The highest BCUT2D eigenvalue weighted by Crippen LogP contribution is 2.24. The molecule has 0 aliphatic carbocycles. The second kappa shape index (κ2) is 7.28. The van der Waals surface area contributed by atoms with Crippen molar-refractivity contribution in [3.8, 4) is 0 Å². The van der Waals surface area contributed by atoms with Crippen molar-refractivity contribution in [2.45, 2.75) is 26.3 Å². The lowest BCUT2D eigenvalue weighted by atomic mass is 10.2. The van der Waals surface area contributed by atoms with Crippen molar-refractivity contribution >= 4 is 39.1 Å². The fourth-order valence-corrected chi connectivity index (χ4v) is 3.60. The Morgan fingerprint density at radius 2 is 2.04 bits per heavy atom. The molecule has 1 aromatic carbocycles. The summed E-state index contributed by atoms with van der Waals surface area (Å²) in [6.45, 7) is 3.22. The number of carboxylic acid groups (broad SMARTS) is 1. The first-order chi connectivity index (χ1) is 12.8. The van der Waals surface area contributed by atoms with Gasteiger partial charge in [0.2, 0.25) is 5.91 Å². The molecule has 27 heavy (non-hydrogen) atoms. The highest BCUT2D eigenvalue weighted by atomic mass is 32.1. The summed E-state index contributed by atoms with van der Waals surface area (Å²) >= 11 is 1.06. The summed E-state index contributed by atoms with van der Waals surface area (Å²) in [5.41, 5.74) is -0.755. The number of amides is 1. The number of fused-ring (bicyclic) bond motifs is 1. The van der Waals surface area contributed by atoms with E-state index < -0.39 is 29.8 Å². The van der Waals surface area contributed by atoms with E-state index in [0.717, 1.165) is 15.9 Å². The predicted molar refractivity (Wildman–Crippen MR) is 100.0 cm³/mol. The van der Waals surface area contributed by atoms with Gasteiger partial charge in [-0.2, -0.15) is 0 Å². The standard InChI is InChI=1S/C18H16FN3O4S/c1-9(2)15-21-16-14(10(8-27-16)18(25)26)17(24)22(15)7-13(23)20-12-6-4-3-5-11(12)19/h3-6,8-9H,7H2,1-2H3,(H,20,23)(H,25,26). The van der Waals surface area contributed by atoms with Gasteiger partial charge >= 0.3 is 5.97 Å². The summed E-state index contributed by atoms with van der Waals surface area (Å²) in [7, 11) is 0. The van der Waals surface area contributed by atoms with Crippen molar-refractivity contribution in [3.05, 3.63) is 57.2 Å². The minimum Gasteiger partial charge on any atom is -0.478 e. The van der Waals surface area contributed by atoms with E-state index in [0.29, 0.717) is 10.7 Å². The molecule has 0 aliphatic heterocycles. The number of carbonyl (C=O) groups is 2. The SMILES string of the molecule is CC(C)c1nc2scc(C(=O)O)c2c(=O)n1CC(=O)Nc1ccccc1F. The zero-order valence-corrected chi connectivity index (χ0v) is 15.3. The van der Waals surface area contributed by atoms with Gasteiger partial charge in [0, 0.05) is 11.3 Å². The van der Waals surface area contributed by atoms with Crippen LogP contribution in [-0.2, 0) is 11.3 Å². The molecule has 0 saturated heterocycles. The molecule has 0 unspecified atom stereocenters. The fourth-order valence-electron chi connectivity index (χ4n) is 2.69. The predicted octanol–water partition coefficient (Wildman–Crippen LogP) is 3.06. The van der Waals surface area contributed by atoms with E-state index in [-0.39, 0.29) is 22.6 Å². The summed E-state index contributed by atoms with van der Waals surface area (Å²) in [5, 5.41) is 13.0. The van der Waals surface area contributed by atoms with E-state index in [9.17, 15) is 23.9 Å². The van der Waals surface area contributed by atoms with Gasteiger partial charge in [0.1, 0.15) is 23.0 Å². The summed E-state index contributed by atoms with van der Waals surface area (Å²) < 4.78 is 14.9. The van der Waals surface area contributed by atoms with Crippen LogP contribution in [0.4, 0.5) is 10.1 Å². The van der Waals surface area contributed by atoms with Crippen LogP contribution in [0.2, 0.25) is 0 Å². The third-order valence-corrected chi connectivity index (χ3v) is 4.79. The third-order valence-electron chi connectivity index (χ3n) is 3.92. The Kier molecular flexibility index (Phi) is 5.04. The molecule has 3 rings (SSSR count). The van der Waals surface area contributed by atoms with Crippen LogP contribution in [0, 0.1) is 5.82 Å². The zero-order chi connectivity index (χ0) is 19.7. The maximum Gasteiger partial charge on any atom is 0.337 e. The Labute approximate surface area is 157 Å². The molecule has 1 amide bonds. The molecular formula is C18H16FN3O4S. The number of hydrogen-bond acceptors (Lipinski definition) is 5. The van der Waals surface area contributed by atoms with E-state index in [2.05, 4.69) is 10.3 Å². The molecule has 3 aromatic rings. The minimum absolute atomic E-state index is 0.00237. The van der Waals surface area contributed by atoms with Gasteiger partial charge in [-0.15, -0.1) is 11.3 Å². The lowest BCUT2D eigenvalue weighted by Crippen LogP contribution is -2.32. The molecule has 140 valence electrons. The number of para-hydroxylation sites is 1. The number of rotatable bonds is 5. The van der Waals surface area contributed by atoms with Gasteiger partial charge in [0.05, 0.1) is 16.6 Å². The van der Waals surface area contributed by atoms with Crippen LogP contribution in [0.25, 0.3) is 10.2 Å². The molecule has 0 radical (unpaired) electrons. The molecule has 0 spiro atoms. The zero-order valence-electron chi connectivity index (χ0n) is 14.5. The van der Waals surface area contributed by atoms with E-state index in [4.69, 9.17) is 0 Å². The molecule has 2 aromatic heterocycles. The van der Waals surface area contributed by atoms with Gasteiger partial charge < -0.3 is 10.4 Å². The number of benzene rings is 1.